The number of carbonyl (C=O) groups is 1. The zero-order chi connectivity index (χ0) is 18.4. The van der Waals surface area contributed by atoms with Crippen LogP contribution >= 0.6 is 0 Å². The third-order valence-corrected chi connectivity index (χ3v) is 4.42. The number of benzene rings is 1. The molecule has 1 aliphatic rings. The van der Waals surface area contributed by atoms with Gasteiger partial charge >= 0.3 is 0 Å². The lowest BCUT2D eigenvalue weighted by atomic mass is 10.1. The Balaban J connectivity index is 1.64. The molecule has 0 atom stereocenters. The summed E-state index contributed by atoms with van der Waals surface area (Å²) in [4.78, 5) is 23.5. The molecule has 1 fully saturated rings. The van der Waals surface area contributed by atoms with Crippen molar-refractivity contribution in [2.45, 2.75) is 25.8 Å². The lowest BCUT2D eigenvalue weighted by Gasteiger charge is -2.26. The average Bonchev–Trinajstić information content (AvgIpc) is 2.72. The molecule has 1 N–H and O–H groups in total. The monoisotopic (exact) mass is 356 g/mol. The van der Waals surface area contributed by atoms with Crippen LogP contribution in [0.1, 0.15) is 35.3 Å². The van der Waals surface area contributed by atoms with Crippen LogP contribution in [-0.2, 0) is 6.54 Å². The maximum Gasteiger partial charge on any atom is 0.251 e. The van der Waals surface area contributed by atoms with Crippen molar-refractivity contribution < 1.29 is 14.3 Å². The second-order valence-corrected chi connectivity index (χ2v) is 6.15. The first kappa shape index (κ1) is 18.0. The number of hydrogen-bond donors (Lipinski definition) is 1. The van der Waals surface area contributed by atoms with Gasteiger partial charge in [0.25, 0.3) is 5.91 Å². The highest BCUT2D eigenvalue weighted by Crippen LogP contribution is 2.27. The maximum absolute atomic E-state index is 12.4. The number of nitrogens with one attached hydrogen (secondary N) is 1. The van der Waals surface area contributed by atoms with Crippen molar-refractivity contribution >= 4 is 11.9 Å². The standard InChI is InChI=1S/C19H24N4O3/c1-25-16-7-6-14(12-17(16)26-2)18(24)21-13-15-8-9-20-19(22-15)23-10-4-3-5-11-23/h6-9,12H,3-5,10-11,13H2,1-2H3,(H,21,24). The number of ether oxygens (including phenoxy) is 2. The van der Waals surface area contributed by atoms with Crippen LogP contribution in [0.2, 0.25) is 0 Å². The smallest absolute Gasteiger partial charge is 0.251 e. The number of methoxy groups -OCH3 is 2. The number of piperidine rings is 1. The molecule has 7 nitrogen and oxygen atoms in total. The molecule has 2 heterocycles. The second-order valence-electron chi connectivity index (χ2n) is 6.15. The van der Waals surface area contributed by atoms with Crippen LogP contribution < -0.4 is 19.7 Å². The molecule has 3 rings (SSSR count). The molecule has 0 unspecified atom stereocenters. The summed E-state index contributed by atoms with van der Waals surface area (Å²) < 4.78 is 10.4. The van der Waals surface area contributed by atoms with E-state index >= 15 is 0 Å². The van der Waals surface area contributed by atoms with E-state index in [4.69, 9.17) is 9.47 Å². The summed E-state index contributed by atoms with van der Waals surface area (Å²) in [6.07, 6.45) is 5.35. The Hall–Kier alpha value is -2.83. The number of rotatable bonds is 6. The van der Waals surface area contributed by atoms with Gasteiger partial charge in [0.1, 0.15) is 0 Å². The predicted octanol–water partition coefficient (Wildman–Crippen LogP) is 2.41. The molecule has 1 saturated heterocycles. The third-order valence-electron chi connectivity index (χ3n) is 4.42. The summed E-state index contributed by atoms with van der Waals surface area (Å²) in [7, 11) is 3.11. The lowest BCUT2D eigenvalue weighted by molar-refractivity contribution is 0.0950. The van der Waals surface area contributed by atoms with Gasteiger partial charge in [0, 0.05) is 24.8 Å². The van der Waals surface area contributed by atoms with Gasteiger partial charge in [0.05, 0.1) is 26.5 Å². The number of nitrogens with zero attached hydrogens (tertiary/aromatic N) is 3. The SMILES string of the molecule is COc1ccc(C(=O)NCc2ccnc(N3CCCCC3)n2)cc1OC. The summed E-state index contributed by atoms with van der Waals surface area (Å²) >= 11 is 0. The molecule has 26 heavy (non-hydrogen) atoms. The minimum Gasteiger partial charge on any atom is -0.493 e. The van der Waals surface area contributed by atoms with Crippen molar-refractivity contribution in [2.24, 2.45) is 0 Å². The van der Waals surface area contributed by atoms with Crippen LogP contribution in [-0.4, -0.2) is 43.2 Å². The molecule has 0 saturated carbocycles. The quantitative estimate of drug-likeness (QED) is 0.857. The number of amides is 1. The summed E-state index contributed by atoms with van der Waals surface area (Å²) in [5, 5.41) is 2.89. The molecule has 138 valence electrons. The topological polar surface area (TPSA) is 76.6 Å². The fourth-order valence-corrected chi connectivity index (χ4v) is 2.98. The third kappa shape index (κ3) is 4.22. The Morgan fingerprint density at radius 3 is 2.62 bits per heavy atom. The fourth-order valence-electron chi connectivity index (χ4n) is 2.98. The van der Waals surface area contributed by atoms with Gasteiger partial charge < -0.3 is 19.7 Å². The largest absolute Gasteiger partial charge is 0.493 e. The maximum atomic E-state index is 12.4. The molecule has 1 amide bonds. The fraction of sp³-hybridized carbons (Fsp3) is 0.421. The van der Waals surface area contributed by atoms with E-state index in [9.17, 15) is 4.79 Å². The number of aromatic nitrogens is 2. The first-order chi connectivity index (χ1) is 12.7. The van der Waals surface area contributed by atoms with E-state index in [1.807, 2.05) is 6.07 Å². The first-order valence-electron chi connectivity index (χ1n) is 8.78. The van der Waals surface area contributed by atoms with Crippen molar-refractivity contribution in [2.75, 3.05) is 32.2 Å². The normalized spacial score (nSPS) is 14.0. The molecule has 0 bridgehead atoms. The number of anilines is 1. The molecule has 2 aromatic rings. The Morgan fingerprint density at radius 1 is 1.12 bits per heavy atom. The van der Waals surface area contributed by atoms with Crippen molar-refractivity contribution in [1.82, 2.24) is 15.3 Å². The van der Waals surface area contributed by atoms with Crippen LogP contribution in [0.3, 0.4) is 0 Å². The Kier molecular flexibility index (Phi) is 5.88. The number of carbonyl (C=O) groups excluding carboxylic acids is 1. The lowest BCUT2D eigenvalue weighted by Crippen LogP contribution is -2.31. The van der Waals surface area contributed by atoms with Crippen LogP contribution in [0.4, 0.5) is 5.95 Å². The van der Waals surface area contributed by atoms with E-state index in [0.29, 0.717) is 23.6 Å². The molecule has 1 aromatic carbocycles. The first-order valence-corrected chi connectivity index (χ1v) is 8.78. The van der Waals surface area contributed by atoms with E-state index < -0.39 is 0 Å². The number of hydrogen-bond acceptors (Lipinski definition) is 6. The predicted molar refractivity (Wildman–Crippen MR) is 98.8 cm³/mol. The Labute approximate surface area is 153 Å². The molecule has 1 aliphatic heterocycles. The molecule has 0 spiro atoms. The van der Waals surface area contributed by atoms with Crippen LogP contribution in [0.25, 0.3) is 0 Å². The zero-order valence-corrected chi connectivity index (χ0v) is 15.2. The van der Waals surface area contributed by atoms with E-state index in [-0.39, 0.29) is 5.91 Å². The van der Waals surface area contributed by atoms with E-state index in [2.05, 4.69) is 20.2 Å². The van der Waals surface area contributed by atoms with E-state index in [1.165, 1.54) is 19.3 Å². The minimum absolute atomic E-state index is 0.191. The average molecular weight is 356 g/mol. The molecule has 1 aromatic heterocycles. The van der Waals surface area contributed by atoms with Gasteiger partial charge in [-0.2, -0.15) is 0 Å². The Morgan fingerprint density at radius 2 is 1.88 bits per heavy atom. The van der Waals surface area contributed by atoms with Gasteiger partial charge in [-0.3, -0.25) is 4.79 Å². The molecular formula is C19H24N4O3. The highest BCUT2D eigenvalue weighted by molar-refractivity contribution is 5.94. The molecule has 0 aliphatic carbocycles. The van der Waals surface area contributed by atoms with Gasteiger partial charge in [0.2, 0.25) is 5.95 Å². The summed E-state index contributed by atoms with van der Waals surface area (Å²) in [6, 6.07) is 6.90. The Bertz CT molecular complexity index is 760. The molecule has 0 radical (unpaired) electrons. The van der Waals surface area contributed by atoms with E-state index in [1.54, 1.807) is 38.6 Å². The highest BCUT2D eigenvalue weighted by Gasteiger charge is 2.14. The summed E-state index contributed by atoms with van der Waals surface area (Å²) in [5.41, 5.74) is 1.29. The van der Waals surface area contributed by atoms with Gasteiger partial charge in [-0.15, -0.1) is 0 Å². The van der Waals surface area contributed by atoms with Crippen molar-refractivity contribution in [1.29, 1.82) is 0 Å². The highest BCUT2D eigenvalue weighted by atomic mass is 16.5. The van der Waals surface area contributed by atoms with Crippen molar-refractivity contribution in [3.05, 3.63) is 41.7 Å². The van der Waals surface area contributed by atoms with Crippen LogP contribution in [0.15, 0.2) is 30.5 Å². The van der Waals surface area contributed by atoms with Gasteiger partial charge in [-0.1, -0.05) is 0 Å². The molecular weight excluding hydrogens is 332 g/mol. The van der Waals surface area contributed by atoms with Gasteiger partial charge in [-0.05, 0) is 43.5 Å². The van der Waals surface area contributed by atoms with Gasteiger partial charge in [-0.25, -0.2) is 9.97 Å². The van der Waals surface area contributed by atoms with E-state index in [0.717, 1.165) is 24.7 Å². The minimum atomic E-state index is -0.191. The summed E-state index contributed by atoms with van der Waals surface area (Å²) in [6.45, 7) is 2.32. The van der Waals surface area contributed by atoms with Gasteiger partial charge in [0.15, 0.2) is 11.5 Å². The van der Waals surface area contributed by atoms with Crippen molar-refractivity contribution in [3.8, 4) is 11.5 Å². The van der Waals surface area contributed by atoms with Crippen molar-refractivity contribution in [3.63, 3.8) is 0 Å². The van der Waals surface area contributed by atoms with Crippen LogP contribution in [0, 0.1) is 0 Å². The summed E-state index contributed by atoms with van der Waals surface area (Å²) in [5.74, 6) is 1.66. The molecule has 7 heteroatoms. The second kappa shape index (κ2) is 8.51. The van der Waals surface area contributed by atoms with Crippen LogP contribution in [0.5, 0.6) is 11.5 Å². The zero-order valence-electron chi connectivity index (χ0n) is 15.2.